The van der Waals surface area contributed by atoms with Crippen LogP contribution in [0.5, 0.6) is 0 Å². The van der Waals surface area contributed by atoms with Crippen molar-refractivity contribution in [1.29, 1.82) is 0 Å². The second kappa shape index (κ2) is 3.59. The summed E-state index contributed by atoms with van der Waals surface area (Å²) in [5.41, 5.74) is 2.83. The van der Waals surface area contributed by atoms with Crippen molar-refractivity contribution >= 4 is 10.9 Å². The van der Waals surface area contributed by atoms with Gasteiger partial charge in [0.1, 0.15) is 0 Å². The third-order valence-electron chi connectivity index (χ3n) is 2.78. The van der Waals surface area contributed by atoms with Crippen LogP contribution in [0.3, 0.4) is 0 Å². The minimum atomic E-state index is -0.0764. The minimum absolute atomic E-state index is 0.0764. The molecule has 0 atom stereocenters. The topological polar surface area (TPSA) is 50.7 Å². The average molecular weight is 225 g/mol. The van der Waals surface area contributed by atoms with E-state index < -0.39 is 0 Å². The van der Waals surface area contributed by atoms with Gasteiger partial charge in [-0.05, 0) is 36.8 Å². The summed E-state index contributed by atoms with van der Waals surface area (Å²) >= 11 is 0. The molecule has 0 aliphatic rings. The number of aryl methyl sites for hydroxylation is 1. The van der Waals surface area contributed by atoms with Crippen LogP contribution in [0.15, 0.2) is 47.5 Å². The first-order valence-electron chi connectivity index (χ1n) is 5.38. The van der Waals surface area contributed by atoms with Crippen LogP contribution in [0.2, 0.25) is 0 Å². The first kappa shape index (κ1) is 9.84. The van der Waals surface area contributed by atoms with E-state index in [4.69, 9.17) is 0 Å². The molecule has 84 valence electrons. The molecule has 3 aromatic rings. The molecule has 0 saturated heterocycles. The molecule has 3 rings (SSSR count). The zero-order valence-corrected chi connectivity index (χ0v) is 9.34. The second-order valence-electron chi connectivity index (χ2n) is 4.00. The van der Waals surface area contributed by atoms with Gasteiger partial charge in [-0.1, -0.05) is 0 Å². The second-order valence-corrected chi connectivity index (χ2v) is 4.00. The van der Waals surface area contributed by atoms with Crippen LogP contribution in [0.1, 0.15) is 5.56 Å². The molecule has 0 unspecified atom stereocenters. The molecular formula is C13H11N3O. The zero-order chi connectivity index (χ0) is 11.8. The van der Waals surface area contributed by atoms with Gasteiger partial charge in [-0.25, -0.2) is 4.68 Å². The van der Waals surface area contributed by atoms with E-state index in [2.05, 4.69) is 10.1 Å². The van der Waals surface area contributed by atoms with Crippen LogP contribution in [0, 0.1) is 6.92 Å². The Labute approximate surface area is 97.5 Å². The Hall–Kier alpha value is -2.36. The number of hydrogen-bond acceptors (Lipinski definition) is 2. The molecule has 2 heterocycles. The molecule has 4 heteroatoms. The van der Waals surface area contributed by atoms with Gasteiger partial charge < -0.3 is 4.98 Å². The molecule has 4 nitrogen and oxygen atoms in total. The highest BCUT2D eigenvalue weighted by Gasteiger charge is 2.03. The molecule has 0 aliphatic heterocycles. The van der Waals surface area contributed by atoms with Crippen molar-refractivity contribution in [3.8, 4) is 5.69 Å². The van der Waals surface area contributed by atoms with Gasteiger partial charge in [0, 0.05) is 23.8 Å². The summed E-state index contributed by atoms with van der Waals surface area (Å²) in [5.74, 6) is 0. The molecule has 1 N–H and O–H groups in total. The quantitative estimate of drug-likeness (QED) is 0.688. The van der Waals surface area contributed by atoms with Crippen LogP contribution in [-0.2, 0) is 0 Å². The van der Waals surface area contributed by atoms with Gasteiger partial charge >= 0.3 is 0 Å². The Morgan fingerprint density at radius 2 is 2.18 bits per heavy atom. The number of benzene rings is 1. The number of rotatable bonds is 1. The van der Waals surface area contributed by atoms with Gasteiger partial charge in [-0.3, -0.25) is 4.79 Å². The van der Waals surface area contributed by atoms with Crippen LogP contribution in [0.4, 0.5) is 0 Å². The molecule has 0 fully saturated rings. The maximum Gasteiger partial charge on any atom is 0.248 e. The first-order valence-corrected chi connectivity index (χ1v) is 5.38. The predicted octanol–water partition coefficient (Wildman–Crippen LogP) is 2.02. The molecule has 0 bridgehead atoms. The van der Waals surface area contributed by atoms with E-state index in [1.54, 1.807) is 10.9 Å². The van der Waals surface area contributed by atoms with Gasteiger partial charge in [0.2, 0.25) is 5.56 Å². The third kappa shape index (κ3) is 1.63. The van der Waals surface area contributed by atoms with Crippen molar-refractivity contribution in [2.75, 3.05) is 0 Å². The lowest BCUT2D eigenvalue weighted by atomic mass is 10.1. The summed E-state index contributed by atoms with van der Waals surface area (Å²) in [7, 11) is 0. The third-order valence-corrected chi connectivity index (χ3v) is 2.78. The number of nitrogens with zero attached hydrogens (tertiary/aromatic N) is 2. The molecular weight excluding hydrogens is 214 g/mol. The number of pyridine rings is 1. The summed E-state index contributed by atoms with van der Waals surface area (Å²) in [4.78, 5) is 14.1. The van der Waals surface area contributed by atoms with E-state index in [-0.39, 0.29) is 5.56 Å². The van der Waals surface area contributed by atoms with Crippen molar-refractivity contribution in [1.82, 2.24) is 14.8 Å². The normalized spacial score (nSPS) is 10.9. The van der Waals surface area contributed by atoms with Crippen molar-refractivity contribution in [2.24, 2.45) is 0 Å². The van der Waals surface area contributed by atoms with E-state index in [1.165, 1.54) is 6.07 Å². The van der Waals surface area contributed by atoms with Crippen molar-refractivity contribution in [3.63, 3.8) is 0 Å². The molecule has 0 aliphatic carbocycles. The largest absolute Gasteiger partial charge is 0.322 e. The van der Waals surface area contributed by atoms with Crippen molar-refractivity contribution in [2.45, 2.75) is 6.92 Å². The highest BCUT2D eigenvalue weighted by molar-refractivity contribution is 5.83. The monoisotopic (exact) mass is 225 g/mol. The van der Waals surface area contributed by atoms with Crippen LogP contribution in [0.25, 0.3) is 16.6 Å². The minimum Gasteiger partial charge on any atom is -0.322 e. The first-order chi connectivity index (χ1) is 8.24. The number of aromatic nitrogens is 3. The van der Waals surface area contributed by atoms with E-state index in [0.717, 1.165) is 22.2 Å². The number of hydrogen-bond donors (Lipinski definition) is 1. The predicted molar refractivity (Wildman–Crippen MR) is 66.4 cm³/mol. The molecule has 2 aromatic heterocycles. The SMILES string of the molecule is Cc1cc(-n2cccn2)cc2ccc(=O)[nH]c12. The molecule has 0 spiro atoms. The van der Waals surface area contributed by atoms with E-state index in [1.807, 2.05) is 37.4 Å². The molecule has 1 aromatic carbocycles. The molecule has 17 heavy (non-hydrogen) atoms. The van der Waals surface area contributed by atoms with Gasteiger partial charge in [0.15, 0.2) is 0 Å². The van der Waals surface area contributed by atoms with Crippen LogP contribution in [-0.4, -0.2) is 14.8 Å². The van der Waals surface area contributed by atoms with Gasteiger partial charge in [0.05, 0.1) is 11.2 Å². The Kier molecular flexibility index (Phi) is 2.08. The van der Waals surface area contributed by atoms with Gasteiger partial charge in [-0.15, -0.1) is 0 Å². The Bertz CT molecular complexity index is 726. The van der Waals surface area contributed by atoms with Gasteiger partial charge in [0.25, 0.3) is 0 Å². The van der Waals surface area contributed by atoms with E-state index in [9.17, 15) is 4.79 Å². The van der Waals surface area contributed by atoms with Crippen molar-refractivity contribution < 1.29 is 0 Å². The maximum atomic E-state index is 11.3. The zero-order valence-electron chi connectivity index (χ0n) is 9.34. The fourth-order valence-electron chi connectivity index (χ4n) is 1.98. The Morgan fingerprint density at radius 3 is 2.94 bits per heavy atom. The number of aromatic amines is 1. The number of fused-ring (bicyclic) bond motifs is 1. The molecule has 0 amide bonds. The van der Waals surface area contributed by atoms with Gasteiger partial charge in [-0.2, -0.15) is 5.10 Å². The fourth-order valence-corrected chi connectivity index (χ4v) is 1.98. The maximum absolute atomic E-state index is 11.3. The summed E-state index contributed by atoms with van der Waals surface area (Å²) in [6, 6.07) is 9.26. The summed E-state index contributed by atoms with van der Waals surface area (Å²) in [6.07, 6.45) is 3.64. The number of nitrogens with one attached hydrogen (secondary N) is 1. The lowest BCUT2D eigenvalue weighted by Gasteiger charge is -2.06. The van der Waals surface area contributed by atoms with E-state index >= 15 is 0 Å². The molecule has 0 radical (unpaired) electrons. The Balaban J connectivity index is 2.32. The lowest BCUT2D eigenvalue weighted by Crippen LogP contribution is -2.04. The lowest BCUT2D eigenvalue weighted by molar-refractivity contribution is 0.880. The van der Waals surface area contributed by atoms with Crippen LogP contribution < -0.4 is 5.56 Å². The van der Waals surface area contributed by atoms with E-state index in [0.29, 0.717) is 0 Å². The highest BCUT2D eigenvalue weighted by Crippen LogP contribution is 2.19. The average Bonchev–Trinajstić information content (AvgIpc) is 2.83. The standard InChI is InChI=1S/C13H11N3O/c1-9-7-11(16-6-2-5-14-16)8-10-3-4-12(17)15-13(9)10/h2-8H,1H3,(H,15,17). The molecule has 0 saturated carbocycles. The Morgan fingerprint density at radius 1 is 1.29 bits per heavy atom. The van der Waals surface area contributed by atoms with Crippen LogP contribution >= 0.6 is 0 Å². The van der Waals surface area contributed by atoms with Crippen molar-refractivity contribution in [3.05, 3.63) is 58.6 Å². The highest BCUT2D eigenvalue weighted by atomic mass is 16.1. The summed E-state index contributed by atoms with van der Waals surface area (Å²) in [5, 5.41) is 5.21. The smallest absolute Gasteiger partial charge is 0.248 e. The summed E-state index contributed by atoms with van der Waals surface area (Å²) in [6.45, 7) is 1.98. The summed E-state index contributed by atoms with van der Waals surface area (Å²) < 4.78 is 1.80. The number of H-pyrrole nitrogens is 1. The fraction of sp³-hybridized carbons (Fsp3) is 0.0769.